The van der Waals surface area contributed by atoms with E-state index in [0.29, 0.717) is 12.5 Å². The summed E-state index contributed by atoms with van der Waals surface area (Å²) in [6.07, 6.45) is 0. The van der Waals surface area contributed by atoms with Crippen LogP contribution in [0.2, 0.25) is 0 Å². The molecule has 0 bridgehead atoms. The highest BCUT2D eigenvalue weighted by molar-refractivity contribution is 9.10. The Morgan fingerprint density at radius 2 is 1.85 bits per heavy atom. The first-order chi connectivity index (χ1) is 12.8. The van der Waals surface area contributed by atoms with Gasteiger partial charge in [-0.15, -0.1) is 0 Å². The maximum Gasteiger partial charge on any atom is 0.243 e. The minimum atomic E-state index is -1.63. The zero-order valence-electron chi connectivity index (χ0n) is 14.7. The van der Waals surface area contributed by atoms with Crippen molar-refractivity contribution in [1.29, 1.82) is 0 Å². The van der Waals surface area contributed by atoms with Gasteiger partial charge in [-0.2, -0.15) is 0 Å². The molecule has 0 aromatic heterocycles. The Morgan fingerprint density at radius 3 is 2.52 bits per heavy atom. The van der Waals surface area contributed by atoms with E-state index in [4.69, 9.17) is 0 Å². The highest BCUT2D eigenvalue weighted by Gasteiger charge is 2.16. The smallest absolute Gasteiger partial charge is 0.243 e. The number of carbonyl (C=O) groups is 1. The average molecular weight is 443 g/mol. The van der Waals surface area contributed by atoms with Crippen molar-refractivity contribution in [3.8, 4) is 0 Å². The lowest BCUT2D eigenvalue weighted by Gasteiger charge is -2.22. The molecule has 144 valence electrons. The molecule has 0 radical (unpaired) electrons. The number of guanidine groups is 1. The predicted molar refractivity (Wildman–Crippen MR) is 102 cm³/mol. The Hall–Kier alpha value is -2.55. The SMILES string of the molecule is CN=C(NCC(=O)Nc1ccc(F)c(F)c1F)N(C)Cc1ccccc1Br. The largest absolute Gasteiger partial charge is 0.347 e. The third-order valence-electron chi connectivity index (χ3n) is 3.66. The molecule has 2 aromatic carbocycles. The van der Waals surface area contributed by atoms with Gasteiger partial charge in [-0.1, -0.05) is 34.1 Å². The summed E-state index contributed by atoms with van der Waals surface area (Å²) < 4.78 is 40.7. The van der Waals surface area contributed by atoms with E-state index in [2.05, 4.69) is 31.6 Å². The van der Waals surface area contributed by atoms with Crippen molar-refractivity contribution in [2.24, 2.45) is 4.99 Å². The Bertz CT molecular complexity index is 860. The van der Waals surface area contributed by atoms with Gasteiger partial charge in [-0.25, -0.2) is 13.2 Å². The van der Waals surface area contributed by atoms with Gasteiger partial charge >= 0.3 is 0 Å². The first-order valence-electron chi connectivity index (χ1n) is 7.92. The van der Waals surface area contributed by atoms with Gasteiger partial charge < -0.3 is 15.5 Å². The summed E-state index contributed by atoms with van der Waals surface area (Å²) in [5.74, 6) is -4.59. The Kier molecular flexibility index (Phi) is 7.23. The number of hydrogen-bond donors (Lipinski definition) is 2. The molecule has 0 spiro atoms. The zero-order chi connectivity index (χ0) is 20.0. The Labute approximate surface area is 163 Å². The number of nitrogens with zero attached hydrogens (tertiary/aromatic N) is 2. The highest BCUT2D eigenvalue weighted by Crippen LogP contribution is 2.19. The summed E-state index contributed by atoms with van der Waals surface area (Å²) in [5.41, 5.74) is 0.591. The van der Waals surface area contributed by atoms with E-state index in [1.807, 2.05) is 24.3 Å². The molecule has 0 unspecified atom stereocenters. The summed E-state index contributed by atoms with van der Waals surface area (Å²) in [6, 6.07) is 9.39. The normalized spacial score (nSPS) is 11.3. The fourth-order valence-electron chi connectivity index (χ4n) is 2.32. The molecular formula is C18H18BrF3N4O. The molecule has 5 nitrogen and oxygen atoms in total. The second-order valence-corrected chi connectivity index (χ2v) is 6.47. The van der Waals surface area contributed by atoms with E-state index in [1.165, 1.54) is 0 Å². The molecule has 0 saturated heterocycles. The molecule has 2 N–H and O–H groups in total. The van der Waals surface area contributed by atoms with E-state index in [9.17, 15) is 18.0 Å². The molecule has 0 saturated carbocycles. The number of amides is 1. The molecular weight excluding hydrogens is 425 g/mol. The molecule has 0 aliphatic rings. The monoisotopic (exact) mass is 442 g/mol. The van der Waals surface area contributed by atoms with Crippen LogP contribution in [0, 0.1) is 17.5 Å². The lowest BCUT2D eigenvalue weighted by Crippen LogP contribution is -2.42. The van der Waals surface area contributed by atoms with Gasteiger partial charge in [0.25, 0.3) is 0 Å². The number of aliphatic imine (C=N–C) groups is 1. The van der Waals surface area contributed by atoms with Gasteiger partial charge in [0.05, 0.1) is 12.2 Å². The summed E-state index contributed by atoms with van der Waals surface area (Å²) in [5, 5.41) is 5.02. The van der Waals surface area contributed by atoms with Crippen LogP contribution >= 0.6 is 15.9 Å². The predicted octanol–water partition coefficient (Wildman–Crippen LogP) is 3.51. The summed E-state index contributed by atoms with van der Waals surface area (Å²) in [4.78, 5) is 17.9. The Balaban J connectivity index is 1.94. The first-order valence-corrected chi connectivity index (χ1v) is 8.71. The molecule has 0 fully saturated rings. The zero-order valence-corrected chi connectivity index (χ0v) is 16.3. The summed E-state index contributed by atoms with van der Waals surface area (Å²) in [7, 11) is 3.35. The molecule has 0 atom stereocenters. The fraction of sp³-hybridized carbons (Fsp3) is 0.222. The van der Waals surface area contributed by atoms with Crippen LogP contribution in [0.1, 0.15) is 5.56 Å². The van der Waals surface area contributed by atoms with Crippen molar-refractivity contribution in [3.63, 3.8) is 0 Å². The van der Waals surface area contributed by atoms with Gasteiger partial charge in [-0.05, 0) is 23.8 Å². The van der Waals surface area contributed by atoms with Crippen molar-refractivity contribution in [2.75, 3.05) is 26.0 Å². The van der Waals surface area contributed by atoms with E-state index in [1.54, 1.807) is 19.0 Å². The van der Waals surface area contributed by atoms with Crippen LogP contribution in [-0.4, -0.2) is 37.4 Å². The lowest BCUT2D eigenvalue weighted by atomic mass is 10.2. The van der Waals surface area contributed by atoms with Crippen molar-refractivity contribution >= 4 is 33.5 Å². The van der Waals surface area contributed by atoms with Crippen LogP contribution in [0.15, 0.2) is 45.9 Å². The maximum atomic E-state index is 13.6. The molecule has 2 rings (SSSR count). The molecule has 27 heavy (non-hydrogen) atoms. The summed E-state index contributed by atoms with van der Waals surface area (Å²) in [6.45, 7) is 0.298. The number of nitrogens with one attached hydrogen (secondary N) is 2. The average Bonchev–Trinajstić information content (AvgIpc) is 2.64. The number of benzene rings is 2. The minimum absolute atomic E-state index is 0.231. The van der Waals surface area contributed by atoms with Gasteiger partial charge in [0.2, 0.25) is 5.91 Å². The van der Waals surface area contributed by atoms with E-state index >= 15 is 0 Å². The second kappa shape index (κ2) is 9.40. The number of carbonyl (C=O) groups excluding carboxylic acids is 1. The van der Waals surface area contributed by atoms with Gasteiger partial charge in [-0.3, -0.25) is 9.79 Å². The van der Waals surface area contributed by atoms with Gasteiger partial charge in [0.15, 0.2) is 23.4 Å². The quantitative estimate of drug-likeness (QED) is 0.423. The third-order valence-corrected chi connectivity index (χ3v) is 4.43. The van der Waals surface area contributed by atoms with E-state index in [-0.39, 0.29) is 6.54 Å². The third kappa shape index (κ3) is 5.46. The second-order valence-electron chi connectivity index (χ2n) is 5.62. The van der Waals surface area contributed by atoms with Crippen LogP contribution in [0.4, 0.5) is 18.9 Å². The minimum Gasteiger partial charge on any atom is -0.347 e. The topological polar surface area (TPSA) is 56.7 Å². The van der Waals surface area contributed by atoms with E-state index in [0.717, 1.165) is 22.2 Å². The standard InChI is InChI=1S/C18H18BrF3N4O/c1-23-18(26(2)10-11-5-3-4-6-12(11)19)24-9-15(27)25-14-8-7-13(20)16(21)17(14)22/h3-8H,9-10H2,1-2H3,(H,23,24)(H,25,27). The van der Waals surface area contributed by atoms with Crippen LogP contribution in [0.25, 0.3) is 0 Å². The molecule has 0 heterocycles. The van der Waals surface area contributed by atoms with Gasteiger partial charge in [0, 0.05) is 25.1 Å². The van der Waals surface area contributed by atoms with Crippen LogP contribution < -0.4 is 10.6 Å². The lowest BCUT2D eigenvalue weighted by molar-refractivity contribution is -0.115. The van der Waals surface area contributed by atoms with Crippen LogP contribution in [0.3, 0.4) is 0 Å². The van der Waals surface area contributed by atoms with E-state index < -0.39 is 29.0 Å². The Morgan fingerprint density at radius 1 is 1.15 bits per heavy atom. The number of anilines is 1. The van der Waals surface area contributed by atoms with Gasteiger partial charge in [0.1, 0.15) is 0 Å². The molecule has 0 aliphatic heterocycles. The van der Waals surface area contributed by atoms with Crippen molar-refractivity contribution in [1.82, 2.24) is 10.2 Å². The van der Waals surface area contributed by atoms with Crippen molar-refractivity contribution < 1.29 is 18.0 Å². The number of halogens is 4. The fourth-order valence-corrected chi connectivity index (χ4v) is 2.73. The molecule has 2 aromatic rings. The molecule has 0 aliphatic carbocycles. The molecule has 1 amide bonds. The van der Waals surface area contributed by atoms with Crippen molar-refractivity contribution in [3.05, 3.63) is 63.9 Å². The number of hydrogen-bond acceptors (Lipinski definition) is 2. The maximum absolute atomic E-state index is 13.6. The molecule has 9 heteroatoms. The number of rotatable bonds is 5. The summed E-state index contributed by atoms with van der Waals surface area (Å²) >= 11 is 3.47. The van der Waals surface area contributed by atoms with Crippen LogP contribution in [0.5, 0.6) is 0 Å². The van der Waals surface area contributed by atoms with Crippen LogP contribution in [-0.2, 0) is 11.3 Å². The first kappa shape index (κ1) is 20.8. The van der Waals surface area contributed by atoms with Crippen molar-refractivity contribution in [2.45, 2.75) is 6.54 Å². The highest BCUT2D eigenvalue weighted by atomic mass is 79.9.